The lowest BCUT2D eigenvalue weighted by Gasteiger charge is -2.40. The van der Waals surface area contributed by atoms with Crippen molar-refractivity contribution in [2.45, 2.75) is 58.9 Å². The van der Waals surface area contributed by atoms with E-state index < -0.39 is 5.41 Å². The molecule has 1 amide bonds. The summed E-state index contributed by atoms with van der Waals surface area (Å²) in [6.07, 6.45) is 5.86. The molecular formula is C13H26N2O. The summed E-state index contributed by atoms with van der Waals surface area (Å²) in [6.45, 7) is 7.44. The van der Waals surface area contributed by atoms with Gasteiger partial charge in [-0.25, -0.2) is 0 Å². The molecule has 0 aliphatic carbocycles. The first-order valence-corrected chi connectivity index (χ1v) is 6.54. The Morgan fingerprint density at radius 1 is 1.44 bits per heavy atom. The largest absolute Gasteiger partial charge is 0.339 e. The van der Waals surface area contributed by atoms with Gasteiger partial charge in [-0.05, 0) is 39.5 Å². The molecule has 0 saturated carbocycles. The molecule has 1 heterocycles. The van der Waals surface area contributed by atoms with Gasteiger partial charge in [-0.2, -0.15) is 0 Å². The number of hydrogen-bond donors (Lipinski definition) is 1. The maximum atomic E-state index is 12.4. The molecule has 94 valence electrons. The van der Waals surface area contributed by atoms with Gasteiger partial charge < -0.3 is 10.6 Å². The Morgan fingerprint density at radius 2 is 2.12 bits per heavy atom. The first-order chi connectivity index (χ1) is 7.53. The van der Waals surface area contributed by atoms with E-state index in [1.165, 1.54) is 12.8 Å². The fourth-order valence-corrected chi connectivity index (χ4v) is 2.38. The predicted molar refractivity (Wildman–Crippen MR) is 67.1 cm³/mol. The quantitative estimate of drug-likeness (QED) is 0.798. The Balaban J connectivity index is 2.71. The third kappa shape index (κ3) is 2.97. The minimum Gasteiger partial charge on any atom is -0.339 e. The number of nitrogens with zero attached hydrogens (tertiary/aromatic N) is 1. The summed E-state index contributed by atoms with van der Waals surface area (Å²) >= 11 is 0. The van der Waals surface area contributed by atoms with Crippen molar-refractivity contribution in [3.63, 3.8) is 0 Å². The van der Waals surface area contributed by atoms with E-state index in [-0.39, 0.29) is 5.91 Å². The van der Waals surface area contributed by atoms with Crippen molar-refractivity contribution in [2.24, 2.45) is 11.1 Å². The predicted octanol–water partition coefficient (Wildman–Crippen LogP) is 2.15. The normalized spacial score (nSPS) is 22.2. The first kappa shape index (κ1) is 13.5. The third-order valence-electron chi connectivity index (χ3n) is 3.60. The first-order valence-electron chi connectivity index (χ1n) is 6.54. The molecule has 3 nitrogen and oxygen atoms in total. The standard InChI is InChI=1S/C13H26N2O/c1-4-7-11-8-5-6-9-15(11)12(16)13(2,3)10-14/h11H,4-10,14H2,1-3H3. The monoisotopic (exact) mass is 226 g/mol. The Hall–Kier alpha value is -0.570. The van der Waals surface area contributed by atoms with E-state index in [2.05, 4.69) is 11.8 Å². The lowest BCUT2D eigenvalue weighted by Crippen LogP contribution is -2.51. The Morgan fingerprint density at radius 3 is 2.69 bits per heavy atom. The minimum absolute atomic E-state index is 0.244. The summed E-state index contributed by atoms with van der Waals surface area (Å²) in [5.74, 6) is 0.244. The second-order valence-corrected chi connectivity index (χ2v) is 5.52. The molecule has 0 radical (unpaired) electrons. The van der Waals surface area contributed by atoms with E-state index in [4.69, 9.17) is 5.73 Å². The van der Waals surface area contributed by atoms with Gasteiger partial charge in [0.25, 0.3) is 0 Å². The van der Waals surface area contributed by atoms with E-state index in [1.807, 2.05) is 13.8 Å². The summed E-state index contributed by atoms with van der Waals surface area (Å²) in [5.41, 5.74) is 5.29. The maximum absolute atomic E-state index is 12.4. The van der Waals surface area contributed by atoms with Crippen molar-refractivity contribution in [2.75, 3.05) is 13.1 Å². The number of rotatable bonds is 4. The molecule has 1 aliphatic heterocycles. The number of hydrogen-bond acceptors (Lipinski definition) is 2. The summed E-state index contributed by atoms with van der Waals surface area (Å²) in [4.78, 5) is 14.5. The number of piperidine rings is 1. The minimum atomic E-state index is -0.399. The van der Waals surface area contributed by atoms with Crippen LogP contribution in [0.15, 0.2) is 0 Å². The van der Waals surface area contributed by atoms with Crippen LogP contribution in [0.25, 0.3) is 0 Å². The zero-order valence-corrected chi connectivity index (χ0v) is 11.0. The highest BCUT2D eigenvalue weighted by Gasteiger charge is 2.35. The molecule has 16 heavy (non-hydrogen) atoms. The average molecular weight is 226 g/mol. The van der Waals surface area contributed by atoms with Gasteiger partial charge in [0, 0.05) is 19.1 Å². The summed E-state index contributed by atoms with van der Waals surface area (Å²) in [5, 5.41) is 0. The highest BCUT2D eigenvalue weighted by Crippen LogP contribution is 2.26. The molecule has 1 unspecified atom stereocenters. The van der Waals surface area contributed by atoms with Crippen molar-refractivity contribution in [3.05, 3.63) is 0 Å². The molecule has 1 saturated heterocycles. The maximum Gasteiger partial charge on any atom is 0.229 e. The smallest absolute Gasteiger partial charge is 0.229 e. The van der Waals surface area contributed by atoms with Crippen molar-refractivity contribution in [1.29, 1.82) is 0 Å². The summed E-state index contributed by atoms with van der Waals surface area (Å²) in [7, 11) is 0. The Bertz CT molecular complexity index is 236. The third-order valence-corrected chi connectivity index (χ3v) is 3.60. The fourth-order valence-electron chi connectivity index (χ4n) is 2.38. The van der Waals surface area contributed by atoms with Gasteiger partial charge in [0.15, 0.2) is 0 Å². The van der Waals surface area contributed by atoms with Gasteiger partial charge in [0.2, 0.25) is 5.91 Å². The van der Waals surface area contributed by atoms with Crippen LogP contribution in [0.1, 0.15) is 52.9 Å². The number of amides is 1. The lowest BCUT2D eigenvalue weighted by atomic mass is 9.88. The van der Waals surface area contributed by atoms with Gasteiger partial charge in [-0.3, -0.25) is 4.79 Å². The van der Waals surface area contributed by atoms with Crippen LogP contribution in [0.5, 0.6) is 0 Å². The van der Waals surface area contributed by atoms with Crippen molar-refractivity contribution >= 4 is 5.91 Å². The van der Waals surface area contributed by atoms with Crippen LogP contribution in [0.2, 0.25) is 0 Å². The zero-order valence-electron chi connectivity index (χ0n) is 11.0. The van der Waals surface area contributed by atoms with Gasteiger partial charge in [-0.15, -0.1) is 0 Å². The van der Waals surface area contributed by atoms with Crippen molar-refractivity contribution < 1.29 is 4.79 Å². The van der Waals surface area contributed by atoms with Crippen LogP contribution in [0.3, 0.4) is 0 Å². The van der Waals surface area contributed by atoms with Crippen LogP contribution in [-0.2, 0) is 4.79 Å². The van der Waals surface area contributed by atoms with E-state index in [0.717, 1.165) is 25.8 Å². The highest BCUT2D eigenvalue weighted by molar-refractivity contribution is 5.82. The van der Waals surface area contributed by atoms with Crippen molar-refractivity contribution in [1.82, 2.24) is 4.90 Å². The van der Waals surface area contributed by atoms with E-state index in [9.17, 15) is 4.79 Å². The van der Waals surface area contributed by atoms with Gasteiger partial charge in [0.05, 0.1) is 5.41 Å². The molecule has 1 rings (SSSR count). The molecule has 3 heteroatoms. The van der Waals surface area contributed by atoms with E-state index >= 15 is 0 Å². The molecule has 0 aromatic carbocycles. The van der Waals surface area contributed by atoms with Crippen LogP contribution >= 0.6 is 0 Å². The number of carbonyl (C=O) groups is 1. The van der Waals surface area contributed by atoms with E-state index in [0.29, 0.717) is 12.6 Å². The van der Waals surface area contributed by atoms with Crippen LogP contribution in [-0.4, -0.2) is 29.9 Å². The molecule has 0 aromatic rings. The van der Waals surface area contributed by atoms with Crippen LogP contribution in [0.4, 0.5) is 0 Å². The second-order valence-electron chi connectivity index (χ2n) is 5.52. The molecule has 1 atom stereocenters. The number of nitrogens with two attached hydrogens (primary N) is 1. The highest BCUT2D eigenvalue weighted by atomic mass is 16.2. The molecule has 0 aromatic heterocycles. The molecule has 0 bridgehead atoms. The summed E-state index contributed by atoms with van der Waals surface area (Å²) in [6, 6.07) is 0.456. The molecule has 1 aliphatic rings. The fraction of sp³-hybridized carbons (Fsp3) is 0.923. The molecule has 0 spiro atoms. The number of likely N-dealkylation sites (tertiary alicyclic amines) is 1. The Kier molecular flexibility index (Phi) is 4.78. The van der Waals surface area contributed by atoms with Gasteiger partial charge >= 0.3 is 0 Å². The van der Waals surface area contributed by atoms with Crippen molar-refractivity contribution in [3.8, 4) is 0 Å². The summed E-state index contributed by atoms with van der Waals surface area (Å²) < 4.78 is 0. The van der Waals surface area contributed by atoms with Crippen LogP contribution in [0, 0.1) is 5.41 Å². The number of carbonyl (C=O) groups excluding carboxylic acids is 1. The van der Waals surface area contributed by atoms with Gasteiger partial charge in [0.1, 0.15) is 0 Å². The SMILES string of the molecule is CCCC1CCCCN1C(=O)C(C)(C)CN. The Labute approximate surface area is 99.4 Å². The molecular weight excluding hydrogens is 200 g/mol. The van der Waals surface area contributed by atoms with Crippen LogP contribution < -0.4 is 5.73 Å². The van der Waals surface area contributed by atoms with Gasteiger partial charge in [-0.1, -0.05) is 13.3 Å². The topological polar surface area (TPSA) is 46.3 Å². The zero-order chi connectivity index (χ0) is 12.2. The lowest BCUT2D eigenvalue weighted by molar-refractivity contribution is -0.143. The average Bonchev–Trinajstić information content (AvgIpc) is 2.29. The second kappa shape index (κ2) is 5.67. The molecule has 2 N–H and O–H groups in total. The molecule has 1 fully saturated rings. The van der Waals surface area contributed by atoms with E-state index in [1.54, 1.807) is 0 Å².